The molecule has 0 radical (unpaired) electrons. The van der Waals surface area contributed by atoms with Crippen molar-refractivity contribution < 1.29 is 9.90 Å². The first-order valence-corrected chi connectivity index (χ1v) is 9.60. The van der Waals surface area contributed by atoms with Crippen LogP contribution in [-0.2, 0) is 19.4 Å². The number of hydrogen-bond acceptors (Lipinski definition) is 4. The smallest absolute Gasteiger partial charge is 0.253 e. The second-order valence-corrected chi connectivity index (χ2v) is 7.83. The molecule has 0 aromatic carbocycles. The first-order chi connectivity index (χ1) is 12.6. The van der Waals surface area contributed by atoms with E-state index in [0.717, 1.165) is 37.7 Å². The van der Waals surface area contributed by atoms with Crippen molar-refractivity contribution in [3.05, 3.63) is 46.5 Å². The summed E-state index contributed by atoms with van der Waals surface area (Å²) in [6.07, 6.45) is 11.9. The Morgan fingerprint density at radius 2 is 2.12 bits per heavy atom. The molecular formula is C19H23ClN4O2. The third-order valence-electron chi connectivity index (χ3n) is 5.50. The number of rotatable bonds is 4. The lowest BCUT2D eigenvalue weighted by Crippen LogP contribution is -2.40. The number of aliphatic hydroxyl groups is 1. The van der Waals surface area contributed by atoms with Gasteiger partial charge in [0, 0.05) is 25.1 Å². The van der Waals surface area contributed by atoms with Crippen LogP contribution in [0.2, 0.25) is 5.02 Å². The number of aromatic nitrogens is 3. The Morgan fingerprint density at radius 1 is 1.27 bits per heavy atom. The molecule has 0 aliphatic heterocycles. The second-order valence-electron chi connectivity index (χ2n) is 7.40. The number of hydrogen-bond donors (Lipinski definition) is 2. The molecule has 2 N–H and O–H groups in total. The number of nitrogens with zero attached hydrogens (tertiary/aromatic N) is 3. The van der Waals surface area contributed by atoms with Crippen LogP contribution in [0.1, 0.15) is 47.2 Å². The summed E-state index contributed by atoms with van der Waals surface area (Å²) >= 11 is 5.90. The normalized spacial score (nSPS) is 25.1. The van der Waals surface area contributed by atoms with E-state index in [4.69, 9.17) is 11.6 Å². The van der Waals surface area contributed by atoms with E-state index < -0.39 is 6.10 Å². The van der Waals surface area contributed by atoms with Crippen LogP contribution >= 0.6 is 11.6 Å². The third-order valence-corrected chi connectivity index (χ3v) is 5.70. The van der Waals surface area contributed by atoms with E-state index in [-0.39, 0.29) is 17.9 Å². The van der Waals surface area contributed by atoms with Gasteiger partial charge in [0.2, 0.25) is 0 Å². The number of carbonyl (C=O) groups excluding carboxylic acids is 1. The van der Waals surface area contributed by atoms with Crippen LogP contribution in [0, 0.1) is 5.92 Å². The Kier molecular flexibility index (Phi) is 4.96. The standard InChI is InChI=1S/C19H23ClN4O2/c20-14-8-22-24(11-14)10-12-5-17(18(25)6-12)23-19(26)16-9-21-7-13-3-1-2-4-15(13)16/h7-9,11-12,17-18,25H,1-6,10H2,(H,23,26)/t12?,17-,18-/m1/s1. The van der Waals surface area contributed by atoms with Crippen molar-refractivity contribution in [2.75, 3.05) is 0 Å². The molecule has 0 bridgehead atoms. The van der Waals surface area contributed by atoms with Crippen molar-refractivity contribution in [3.8, 4) is 0 Å². The van der Waals surface area contributed by atoms with Crippen molar-refractivity contribution in [1.82, 2.24) is 20.1 Å². The minimum atomic E-state index is -0.539. The number of aryl methyl sites for hydroxylation is 1. The topological polar surface area (TPSA) is 80.0 Å². The highest BCUT2D eigenvalue weighted by atomic mass is 35.5. The summed E-state index contributed by atoms with van der Waals surface area (Å²) in [7, 11) is 0. The minimum absolute atomic E-state index is 0.122. The van der Waals surface area contributed by atoms with Gasteiger partial charge >= 0.3 is 0 Å². The number of carbonyl (C=O) groups is 1. The van der Waals surface area contributed by atoms with Crippen LogP contribution in [0.5, 0.6) is 0 Å². The van der Waals surface area contributed by atoms with Gasteiger partial charge in [-0.25, -0.2) is 0 Å². The predicted octanol–water partition coefficient (Wildman–Crippen LogP) is 2.38. The lowest BCUT2D eigenvalue weighted by Gasteiger charge is -2.21. The van der Waals surface area contributed by atoms with E-state index in [2.05, 4.69) is 15.4 Å². The van der Waals surface area contributed by atoms with Gasteiger partial charge in [-0.1, -0.05) is 11.6 Å². The quantitative estimate of drug-likeness (QED) is 0.861. The highest BCUT2D eigenvalue weighted by Crippen LogP contribution is 2.29. The van der Waals surface area contributed by atoms with Gasteiger partial charge in [0.15, 0.2) is 0 Å². The summed E-state index contributed by atoms with van der Waals surface area (Å²) in [5.41, 5.74) is 2.97. The monoisotopic (exact) mass is 374 g/mol. The van der Waals surface area contributed by atoms with Crippen molar-refractivity contribution in [1.29, 1.82) is 0 Å². The Bertz CT molecular complexity index is 807. The molecule has 0 spiro atoms. The Balaban J connectivity index is 1.42. The number of aliphatic hydroxyl groups excluding tert-OH is 1. The van der Waals surface area contributed by atoms with Gasteiger partial charge in [0.05, 0.1) is 28.9 Å². The fourth-order valence-corrected chi connectivity index (χ4v) is 4.38. The van der Waals surface area contributed by atoms with E-state index in [1.807, 2.05) is 6.20 Å². The van der Waals surface area contributed by atoms with E-state index in [1.165, 1.54) is 5.56 Å². The van der Waals surface area contributed by atoms with E-state index >= 15 is 0 Å². The van der Waals surface area contributed by atoms with Crippen LogP contribution < -0.4 is 5.32 Å². The van der Waals surface area contributed by atoms with Crippen molar-refractivity contribution >= 4 is 17.5 Å². The minimum Gasteiger partial charge on any atom is -0.391 e. The maximum absolute atomic E-state index is 12.8. The maximum atomic E-state index is 12.8. The molecule has 2 heterocycles. The molecule has 0 saturated heterocycles. The van der Waals surface area contributed by atoms with E-state index in [9.17, 15) is 9.90 Å². The van der Waals surface area contributed by atoms with E-state index in [0.29, 0.717) is 23.6 Å². The molecular weight excluding hydrogens is 352 g/mol. The fraction of sp³-hybridized carbons (Fsp3) is 0.526. The SMILES string of the molecule is O=C(N[C@@H]1CC(Cn2cc(Cl)cn2)C[C@H]1O)c1cncc2c1CCCC2. The molecule has 1 amide bonds. The largest absolute Gasteiger partial charge is 0.391 e. The zero-order valence-electron chi connectivity index (χ0n) is 14.6. The van der Waals surface area contributed by atoms with Crippen molar-refractivity contribution in [3.63, 3.8) is 0 Å². The molecule has 1 fully saturated rings. The lowest BCUT2D eigenvalue weighted by atomic mass is 9.90. The number of fused-ring (bicyclic) bond motifs is 1. The Labute approximate surface area is 157 Å². The molecule has 4 rings (SSSR count). The molecule has 6 nitrogen and oxygen atoms in total. The van der Waals surface area contributed by atoms with Crippen LogP contribution in [0.3, 0.4) is 0 Å². The lowest BCUT2D eigenvalue weighted by molar-refractivity contribution is 0.0871. The van der Waals surface area contributed by atoms with Crippen LogP contribution in [-0.4, -0.2) is 37.9 Å². The zero-order chi connectivity index (χ0) is 18.1. The summed E-state index contributed by atoms with van der Waals surface area (Å²) in [6.45, 7) is 0.693. The van der Waals surface area contributed by atoms with Crippen LogP contribution in [0.25, 0.3) is 0 Å². The number of nitrogens with one attached hydrogen (secondary N) is 1. The highest BCUT2D eigenvalue weighted by molar-refractivity contribution is 6.30. The molecule has 2 aliphatic carbocycles. The van der Waals surface area contributed by atoms with Crippen molar-refractivity contribution in [2.24, 2.45) is 5.92 Å². The Morgan fingerprint density at radius 3 is 2.92 bits per heavy atom. The average Bonchev–Trinajstić information content (AvgIpc) is 3.19. The van der Waals surface area contributed by atoms with E-state index in [1.54, 1.807) is 23.3 Å². The first-order valence-electron chi connectivity index (χ1n) is 9.23. The van der Waals surface area contributed by atoms with Crippen molar-refractivity contribution in [2.45, 2.75) is 57.2 Å². The number of pyridine rings is 1. The average molecular weight is 375 g/mol. The molecule has 7 heteroatoms. The highest BCUT2D eigenvalue weighted by Gasteiger charge is 2.35. The molecule has 1 saturated carbocycles. The van der Waals surface area contributed by atoms with Gasteiger partial charge in [-0.15, -0.1) is 0 Å². The maximum Gasteiger partial charge on any atom is 0.253 e. The number of amides is 1. The predicted molar refractivity (Wildman–Crippen MR) is 98.1 cm³/mol. The van der Waals surface area contributed by atoms with Gasteiger partial charge in [-0.05, 0) is 55.6 Å². The molecule has 2 aromatic rings. The third kappa shape index (κ3) is 3.62. The first kappa shape index (κ1) is 17.5. The fourth-order valence-electron chi connectivity index (χ4n) is 4.23. The molecule has 2 aliphatic rings. The number of halogens is 1. The zero-order valence-corrected chi connectivity index (χ0v) is 15.3. The second kappa shape index (κ2) is 7.37. The van der Waals surface area contributed by atoms with Gasteiger partial charge in [0.1, 0.15) is 0 Å². The van der Waals surface area contributed by atoms with Gasteiger partial charge in [0.25, 0.3) is 5.91 Å². The summed E-state index contributed by atoms with van der Waals surface area (Å²) < 4.78 is 1.79. The molecule has 2 aromatic heterocycles. The molecule has 3 atom stereocenters. The molecule has 26 heavy (non-hydrogen) atoms. The summed E-state index contributed by atoms with van der Waals surface area (Å²) in [4.78, 5) is 17.0. The molecule has 138 valence electrons. The van der Waals surface area contributed by atoms with Crippen LogP contribution in [0.4, 0.5) is 0 Å². The van der Waals surface area contributed by atoms with Crippen LogP contribution in [0.15, 0.2) is 24.8 Å². The van der Waals surface area contributed by atoms with Gasteiger partial charge < -0.3 is 10.4 Å². The van der Waals surface area contributed by atoms with Gasteiger partial charge in [-0.2, -0.15) is 5.10 Å². The van der Waals surface area contributed by atoms with Gasteiger partial charge in [-0.3, -0.25) is 14.5 Å². The molecule has 1 unspecified atom stereocenters. The summed E-state index contributed by atoms with van der Waals surface area (Å²) in [6, 6.07) is -0.238. The Hall–Kier alpha value is -1.92. The summed E-state index contributed by atoms with van der Waals surface area (Å²) in [5.74, 6) is 0.136. The summed E-state index contributed by atoms with van der Waals surface area (Å²) in [5, 5.41) is 18.2.